The summed E-state index contributed by atoms with van der Waals surface area (Å²) in [5.41, 5.74) is 1.76. The van der Waals surface area contributed by atoms with Crippen LogP contribution < -0.4 is 15.6 Å². The van der Waals surface area contributed by atoms with Gasteiger partial charge in [-0.25, -0.2) is 4.68 Å². The Morgan fingerprint density at radius 1 is 1.40 bits per heavy atom. The molecular weight excluding hydrogens is 363 g/mol. The first-order valence-electron chi connectivity index (χ1n) is 7.61. The van der Waals surface area contributed by atoms with E-state index in [-0.39, 0.29) is 34.7 Å². The summed E-state index contributed by atoms with van der Waals surface area (Å²) in [4.78, 5) is 12.1. The molecule has 1 aromatic heterocycles. The third-order valence-corrected chi connectivity index (χ3v) is 4.41. The summed E-state index contributed by atoms with van der Waals surface area (Å²) in [5.74, 6) is 0.505. The number of nitrogens with one attached hydrogen (secondary N) is 1. The highest BCUT2D eigenvalue weighted by Gasteiger charge is 2.17. The molecule has 25 heavy (non-hydrogen) atoms. The normalized spacial score (nSPS) is 10.6. The standard InChI is InChI=1S/C17H18Cl2N4O2/c1-9(2)11-7-14(22-23(4)17(11)24)25-16-12(18)8-13(21-6-5-20)10(3)15(16)19/h7-9,21H,6H2,1-4H3. The zero-order valence-corrected chi connectivity index (χ0v) is 15.9. The Morgan fingerprint density at radius 2 is 2.08 bits per heavy atom. The summed E-state index contributed by atoms with van der Waals surface area (Å²) in [6.45, 7) is 5.76. The fraction of sp³-hybridized carbons (Fsp3) is 0.353. The van der Waals surface area contributed by atoms with Crippen LogP contribution in [-0.4, -0.2) is 16.3 Å². The maximum atomic E-state index is 12.1. The van der Waals surface area contributed by atoms with Crippen LogP contribution in [0.1, 0.15) is 30.9 Å². The van der Waals surface area contributed by atoms with Gasteiger partial charge in [0.05, 0.1) is 16.1 Å². The van der Waals surface area contributed by atoms with Gasteiger partial charge in [0.2, 0.25) is 5.88 Å². The van der Waals surface area contributed by atoms with Gasteiger partial charge in [-0.05, 0) is 24.5 Å². The molecule has 0 atom stereocenters. The van der Waals surface area contributed by atoms with E-state index in [1.165, 1.54) is 4.68 Å². The molecule has 0 saturated carbocycles. The SMILES string of the molecule is Cc1c(NCC#N)cc(Cl)c(Oc2cc(C(C)C)c(=O)n(C)n2)c1Cl. The molecule has 0 saturated heterocycles. The number of nitriles is 1. The van der Waals surface area contributed by atoms with Gasteiger partial charge in [0.1, 0.15) is 6.54 Å². The van der Waals surface area contributed by atoms with Crippen LogP contribution in [0.4, 0.5) is 5.69 Å². The van der Waals surface area contributed by atoms with E-state index < -0.39 is 0 Å². The first kappa shape index (κ1) is 19.1. The van der Waals surface area contributed by atoms with Crippen molar-refractivity contribution in [1.29, 1.82) is 5.26 Å². The molecule has 132 valence electrons. The van der Waals surface area contributed by atoms with E-state index in [2.05, 4.69) is 10.4 Å². The molecule has 2 rings (SSSR count). The summed E-state index contributed by atoms with van der Waals surface area (Å²) in [5, 5.41) is 16.3. The summed E-state index contributed by atoms with van der Waals surface area (Å²) >= 11 is 12.7. The first-order valence-corrected chi connectivity index (χ1v) is 8.37. The average Bonchev–Trinajstić information content (AvgIpc) is 2.56. The molecule has 0 aliphatic heterocycles. The minimum Gasteiger partial charge on any atom is -0.434 e. The number of halogens is 2. The van der Waals surface area contributed by atoms with Gasteiger partial charge in [-0.3, -0.25) is 4.79 Å². The molecule has 0 spiro atoms. The maximum Gasteiger partial charge on any atom is 0.270 e. The number of ether oxygens (including phenoxy) is 1. The van der Waals surface area contributed by atoms with E-state index in [0.717, 1.165) is 0 Å². The highest BCUT2D eigenvalue weighted by Crippen LogP contribution is 2.41. The monoisotopic (exact) mass is 380 g/mol. The predicted molar refractivity (Wildman–Crippen MR) is 98.9 cm³/mol. The van der Waals surface area contributed by atoms with Crippen LogP contribution in [0.15, 0.2) is 16.9 Å². The molecule has 1 heterocycles. The van der Waals surface area contributed by atoms with Crippen molar-refractivity contribution in [1.82, 2.24) is 9.78 Å². The van der Waals surface area contributed by atoms with Gasteiger partial charge in [0.25, 0.3) is 5.56 Å². The predicted octanol–water partition coefficient (Wildman–Crippen LogP) is 4.25. The topological polar surface area (TPSA) is 79.9 Å². The lowest BCUT2D eigenvalue weighted by atomic mass is 10.1. The van der Waals surface area contributed by atoms with Gasteiger partial charge in [-0.2, -0.15) is 5.26 Å². The average molecular weight is 381 g/mol. The number of hydrogen-bond donors (Lipinski definition) is 1. The minimum atomic E-state index is -0.174. The van der Waals surface area contributed by atoms with Crippen molar-refractivity contribution in [3.8, 4) is 17.7 Å². The van der Waals surface area contributed by atoms with Gasteiger partial charge in [-0.1, -0.05) is 37.0 Å². The molecule has 8 heteroatoms. The quantitative estimate of drug-likeness (QED) is 0.784. The Labute approximate surface area is 155 Å². The van der Waals surface area contributed by atoms with Gasteiger partial charge < -0.3 is 10.1 Å². The molecule has 0 bridgehead atoms. The van der Waals surface area contributed by atoms with E-state index in [9.17, 15) is 4.79 Å². The second kappa shape index (κ2) is 7.77. The van der Waals surface area contributed by atoms with E-state index in [4.69, 9.17) is 33.2 Å². The summed E-state index contributed by atoms with van der Waals surface area (Å²) < 4.78 is 7.00. The largest absolute Gasteiger partial charge is 0.434 e. The zero-order valence-electron chi connectivity index (χ0n) is 14.4. The van der Waals surface area contributed by atoms with E-state index >= 15 is 0 Å². The third-order valence-electron chi connectivity index (χ3n) is 3.68. The summed E-state index contributed by atoms with van der Waals surface area (Å²) in [6.07, 6.45) is 0. The first-order chi connectivity index (χ1) is 11.8. The Hall–Kier alpha value is -2.23. The lowest BCUT2D eigenvalue weighted by molar-refractivity contribution is 0.437. The summed E-state index contributed by atoms with van der Waals surface area (Å²) in [7, 11) is 1.56. The fourth-order valence-electron chi connectivity index (χ4n) is 2.28. The highest BCUT2D eigenvalue weighted by molar-refractivity contribution is 6.38. The van der Waals surface area contributed by atoms with Crippen LogP contribution in [0.5, 0.6) is 11.6 Å². The van der Waals surface area contributed by atoms with Crippen molar-refractivity contribution in [2.75, 3.05) is 11.9 Å². The second-order valence-electron chi connectivity index (χ2n) is 5.81. The molecular formula is C17H18Cl2N4O2. The minimum absolute atomic E-state index is 0.0225. The van der Waals surface area contributed by atoms with Crippen LogP contribution in [-0.2, 0) is 7.05 Å². The molecule has 0 fully saturated rings. The fourth-order valence-corrected chi connectivity index (χ4v) is 2.81. The third kappa shape index (κ3) is 4.06. The Bertz CT molecular complexity index is 901. The van der Waals surface area contributed by atoms with Gasteiger partial charge >= 0.3 is 0 Å². The number of hydrogen-bond acceptors (Lipinski definition) is 5. The number of rotatable bonds is 5. The molecule has 1 aromatic carbocycles. The van der Waals surface area contributed by atoms with Crippen molar-refractivity contribution in [2.24, 2.45) is 7.05 Å². The smallest absolute Gasteiger partial charge is 0.270 e. The van der Waals surface area contributed by atoms with Crippen LogP contribution in [0, 0.1) is 18.3 Å². The van der Waals surface area contributed by atoms with E-state index in [0.29, 0.717) is 21.8 Å². The van der Waals surface area contributed by atoms with Gasteiger partial charge in [-0.15, -0.1) is 5.10 Å². The van der Waals surface area contributed by atoms with E-state index in [1.54, 1.807) is 26.1 Å². The van der Waals surface area contributed by atoms with Crippen molar-refractivity contribution in [2.45, 2.75) is 26.7 Å². The van der Waals surface area contributed by atoms with E-state index in [1.807, 2.05) is 19.9 Å². The molecule has 6 nitrogen and oxygen atoms in total. The number of nitrogens with zero attached hydrogens (tertiary/aromatic N) is 3. The molecule has 0 aliphatic carbocycles. The molecule has 0 amide bonds. The lowest BCUT2D eigenvalue weighted by Crippen LogP contribution is -2.24. The number of aromatic nitrogens is 2. The molecule has 2 aromatic rings. The van der Waals surface area contributed by atoms with Crippen molar-refractivity contribution in [3.05, 3.63) is 43.7 Å². The molecule has 0 aliphatic rings. The molecule has 0 radical (unpaired) electrons. The van der Waals surface area contributed by atoms with Crippen LogP contribution in [0.25, 0.3) is 0 Å². The maximum absolute atomic E-state index is 12.1. The Balaban J connectivity index is 2.46. The Morgan fingerprint density at radius 3 is 2.68 bits per heavy atom. The highest BCUT2D eigenvalue weighted by atomic mass is 35.5. The zero-order chi connectivity index (χ0) is 18.7. The van der Waals surface area contributed by atoms with Gasteiger partial charge in [0.15, 0.2) is 5.75 Å². The number of anilines is 1. The number of aryl methyl sites for hydroxylation is 1. The summed E-state index contributed by atoms with van der Waals surface area (Å²) in [6, 6.07) is 5.23. The van der Waals surface area contributed by atoms with Crippen LogP contribution in [0.2, 0.25) is 10.0 Å². The second-order valence-corrected chi connectivity index (χ2v) is 6.59. The van der Waals surface area contributed by atoms with Crippen molar-refractivity contribution >= 4 is 28.9 Å². The molecule has 1 N–H and O–H groups in total. The molecule has 0 unspecified atom stereocenters. The lowest BCUT2D eigenvalue weighted by Gasteiger charge is -2.16. The Kier molecular flexibility index (Phi) is 5.93. The van der Waals surface area contributed by atoms with Crippen LogP contribution >= 0.6 is 23.2 Å². The van der Waals surface area contributed by atoms with Crippen molar-refractivity contribution < 1.29 is 4.74 Å². The van der Waals surface area contributed by atoms with Crippen LogP contribution in [0.3, 0.4) is 0 Å². The van der Waals surface area contributed by atoms with Crippen molar-refractivity contribution in [3.63, 3.8) is 0 Å². The number of benzene rings is 1. The van der Waals surface area contributed by atoms with Gasteiger partial charge in [0, 0.05) is 24.4 Å².